The largest absolute Gasteiger partial charge is 0.385 e. The van der Waals surface area contributed by atoms with Gasteiger partial charge in [0.05, 0.1) is 11.1 Å². The van der Waals surface area contributed by atoms with E-state index in [1.54, 1.807) is 36.8 Å². The summed E-state index contributed by atoms with van der Waals surface area (Å²) >= 11 is 4.49. The van der Waals surface area contributed by atoms with Crippen molar-refractivity contribution >= 4 is 45.3 Å². The molecule has 0 fully saturated rings. The second kappa shape index (κ2) is 9.98. The minimum Gasteiger partial charge on any atom is -0.385 e. The van der Waals surface area contributed by atoms with Crippen molar-refractivity contribution in [3.8, 4) is 10.7 Å². The van der Waals surface area contributed by atoms with Crippen molar-refractivity contribution in [3.63, 3.8) is 0 Å². The number of anilines is 1. The Morgan fingerprint density at radius 2 is 2.07 bits per heavy atom. The number of methoxy groups -OCH3 is 1. The SMILES string of the molecule is COCCCn1c(Sc2ncc(NC(=O)c3ccccc3)s2)nnc1-c1cccs1. The first kappa shape index (κ1) is 20.7. The number of benzene rings is 1. The molecule has 0 aliphatic rings. The van der Waals surface area contributed by atoms with Crippen molar-refractivity contribution in [3.05, 3.63) is 59.6 Å². The number of thiophene rings is 1. The third-order valence-corrected chi connectivity index (χ3v) is 6.96. The van der Waals surface area contributed by atoms with Gasteiger partial charge in [0.1, 0.15) is 5.00 Å². The first-order valence-corrected chi connectivity index (χ1v) is 11.7. The lowest BCUT2D eigenvalue weighted by molar-refractivity contribution is 0.102. The van der Waals surface area contributed by atoms with E-state index in [-0.39, 0.29) is 5.91 Å². The molecular formula is C20H19N5O2S3. The number of aromatic nitrogens is 4. The zero-order valence-electron chi connectivity index (χ0n) is 16.1. The summed E-state index contributed by atoms with van der Waals surface area (Å²) in [6.07, 6.45) is 2.52. The van der Waals surface area contributed by atoms with Crippen molar-refractivity contribution in [2.45, 2.75) is 22.5 Å². The molecule has 4 aromatic rings. The maximum Gasteiger partial charge on any atom is 0.256 e. The zero-order chi connectivity index (χ0) is 20.8. The first-order valence-electron chi connectivity index (χ1n) is 9.20. The summed E-state index contributed by atoms with van der Waals surface area (Å²) in [6.45, 7) is 1.42. The summed E-state index contributed by atoms with van der Waals surface area (Å²) in [7, 11) is 1.70. The standard InChI is InChI=1S/C20H19N5O2S3/c1-27-11-6-10-25-17(15-9-5-12-28-15)23-24-19(25)30-20-21-13-16(29-20)22-18(26)14-7-3-2-4-8-14/h2-5,7-9,12-13H,6,10-11H2,1H3,(H,22,26). The van der Waals surface area contributed by atoms with Gasteiger partial charge in [0.2, 0.25) is 0 Å². The van der Waals surface area contributed by atoms with E-state index < -0.39 is 0 Å². The van der Waals surface area contributed by atoms with E-state index in [1.165, 1.54) is 23.1 Å². The average Bonchev–Trinajstić information content (AvgIpc) is 3.51. The van der Waals surface area contributed by atoms with E-state index >= 15 is 0 Å². The first-order chi connectivity index (χ1) is 14.7. The van der Waals surface area contributed by atoms with Gasteiger partial charge in [-0.3, -0.25) is 4.79 Å². The third-order valence-electron chi connectivity index (χ3n) is 4.12. The quantitative estimate of drug-likeness (QED) is 0.360. The number of amides is 1. The molecule has 0 saturated carbocycles. The topological polar surface area (TPSA) is 81.9 Å². The smallest absolute Gasteiger partial charge is 0.256 e. The fraction of sp³-hybridized carbons (Fsp3) is 0.200. The molecule has 30 heavy (non-hydrogen) atoms. The fourth-order valence-corrected chi connectivity index (χ4v) is 5.29. The van der Waals surface area contributed by atoms with E-state index in [2.05, 4.69) is 25.1 Å². The zero-order valence-corrected chi connectivity index (χ0v) is 18.6. The van der Waals surface area contributed by atoms with Crippen molar-refractivity contribution in [1.82, 2.24) is 19.7 Å². The molecule has 7 nitrogen and oxygen atoms in total. The van der Waals surface area contributed by atoms with Crippen LogP contribution in [0.3, 0.4) is 0 Å². The molecule has 0 radical (unpaired) electrons. The van der Waals surface area contributed by atoms with Gasteiger partial charge < -0.3 is 14.6 Å². The maximum absolute atomic E-state index is 12.3. The van der Waals surface area contributed by atoms with E-state index in [0.29, 0.717) is 17.2 Å². The van der Waals surface area contributed by atoms with Gasteiger partial charge in [0, 0.05) is 25.8 Å². The summed E-state index contributed by atoms with van der Waals surface area (Å²) in [5.74, 6) is 0.691. The summed E-state index contributed by atoms with van der Waals surface area (Å²) in [6, 6.07) is 13.2. The van der Waals surface area contributed by atoms with Gasteiger partial charge in [0.15, 0.2) is 15.3 Å². The normalized spacial score (nSPS) is 11.0. The molecule has 3 aromatic heterocycles. The van der Waals surface area contributed by atoms with Crippen LogP contribution in [-0.4, -0.2) is 39.4 Å². The van der Waals surface area contributed by atoms with Gasteiger partial charge >= 0.3 is 0 Å². The summed E-state index contributed by atoms with van der Waals surface area (Å²) in [5.41, 5.74) is 0.610. The van der Waals surface area contributed by atoms with Crippen LogP contribution >= 0.6 is 34.4 Å². The fourth-order valence-electron chi connectivity index (χ4n) is 2.74. The minimum atomic E-state index is -0.154. The molecule has 4 rings (SSSR count). The van der Waals surface area contributed by atoms with Gasteiger partial charge in [-0.15, -0.1) is 21.5 Å². The van der Waals surface area contributed by atoms with Crippen LogP contribution in [0.1, 0.15) is 16.8 Å². The highest BCUT2D eigenvalue weighted by Crippen LogP contribution is 2.35. The molecule has 1 amide bonds. The maximum atomic E-state index is 12.3. The van der Waals surface area contributed by atoms with Crippen LogP contribution in [0, 0.1) is 0 Å². The molecule has 0 bridgehead atoms. The molecule has 10 heteroatoms. The van der Waals surface area contributed by atoms with E-state index in [4.69, 9.17) is 4.74 Å². The lowest BCUT2D eigenvalue weighted by Gasteiger charge is -2.08. The van der Waals surface area contributed by atoms with Gasteiger partial charge in [0.25, 0.3) is 5.91 Å². The van der Waals surface area contributed by atoms with E-state index in [9.17, 15) is 4.79 Å². The number of hydrogen-bond acceptors (Lipinski definition) is 8. The van der Waals surface area contributed by atoms with Crippen LogP contribution in [0.4, 0.5) is 5.00 Å². The molecule has 0 aliphatic heterocycles. The number of carbonyl (C=O) groups excluding carboxylic acids is 1. The Balaban J connectivity index is 1.49. The van der Waals surface area contributed by atoms with Crippen molar-refractivity contribution in [2.75, 3.05) is 19.0 Å². The highest BCUT2D eigenvalue weighted by molar-refractivity contribution is 8.01. The Morgan fingerprint density at radius 3 is 2.83 bits per heavy atom. The second-order valence-electron chi connectivity index (χ2n) is 6.19. The highest BCUT2D eigenvalue weighted by atomic mass is 32.2. The van der Waals surface area contributed by atoms with Crippen molar-refractivity contribution in [1.29, 1.82) is 0 Å². The van der Waals surface area contributed by atoms with Crippen LogP contribution in [0.15, 0.2) is 63.5 Å². The molecule has 0 atom stereocenters. The molecule has 0 aliphatic carbocycles. The molecule has 0 saturated heterocycles. The molecule has 0 spiro atoms. The van der Waals surface area contributed by atoms with Crippen LogP contribution in [0.25, 0.3) is 10.7 Å². The Morgan fingerprint density at radius 1 is 1.20 bits per heavy atom. The molecular weight excluding hydrogens is 438 g/mol. The molecule has 1 aromatic carbocycles. The number of nitrogens with zero attached hydrogens (tertiary/aromatic N) is 4. The van der Waals surface area contributed by atoms with E-state index in [1.807, 2.05) is 35.7 Å². The molecule has 1 N–H and O–H groups in total. The van der Waals surface area contributed by atoms with Crippen molar-refractivity contribution in [2.24, 2.45) is 0 Å². The Labute approximate surface area is 186 Å². The van der Waals surface area contributed by atoms with E-state index in [0.717, 1.165) is 33.2 Å². The predicted octanol–water partition coefficient (Wildman–Crippen LogP) is 4.90. The number of rotatable bonds is 9. The minimum absolute atomic E-state index is 0.154. The van der Waals surface area contributed by atoms with Crippen LogP contribution in [0.5, 0.6) is 0 Å². The average molecular weight is 458 g/mol. The lowest BCUT2D eigenvalue weighted by Crippen LogP contribution is -2.10. The Hall–Kier alpha value is -2.53. The number of thiazole rings is 1. The van der Waals surface area contributed by atoms with Gasteiger partial charge in [-0.25, -0.2) is 4.98 Å². The van der Waals surface area contributed by atoms with Gasteiger partial charge in [-0.1, -0.05) is 35.6 Å². The van der Waals surface area contributed by atoms with Crippen LogP contribution < -0.4 is 5.32 Å². The van der Waals surface area contributed by atoms with Crippen LogP contribution in [-0.2, 0) is 11.3 Å². The number of ether oxygens (including phenoxy) is 1. The molecule has 154 valence electrons. The number of hydrogen-bond donors (Lipinski definition) is 1. The lowest BCUT2D eigenvalue weighted by atomic mass is 10.2. The van der Waals surface area contributed by atoms with Crippen LogP contribution in [0.2, 0.25) is 0 Å². The highest BCUT2D eigenvalue weighted by Gasteiger charge is 2.17. The Kier molecular flexibility index (Phi) is 6.90. The Bertz CT molecular complexity index is 1090. The second-order valence-corrected chi connectivity index (χ2v) is 9.39. The predicted molar refractivity (Wildman–Crippen MR) is 120 cm³/mol. The number of nitrogens with one attached hydrogen (secondary N) is 1. The number of carbonyl (C=O) groups is 1. The summed E-state index contributed by atoms with van der Waals surface area (Å²) < 4.78 is 8.08. The summed E-state index contributed by atoms with van der Waals surface area (Å²) in [4.78, 5) is 17.8. The summed E-state index contributed by atoms with van der Waals surface area (Å²) in [5, 5.41) is 15.2. The van der Waals surface area contributed by atoms with Crippen molar-refractivity contribution < 1.29 is 9.53 Å². The molecule has 3 heterocycles. The van der Waals surface area contributed by atoms with Gasteiger partial charge in [-0.05, 0) is 41.8 Å². The molecule has 0 unspecified atom stereocenters. The third kappa shape index (κ3) is 4.96. The monoisotopic (exact) mass is 457 g/mol. The van der Waals surface area contributed by atoms with Gasteiger partial charge in [-0.2, -0.15) is 0 Å².